The lowest BCUT2D eigenvalue weighted by Gasteiger charge is -2.05. The van der Waals surface area contributed by atoms with Crippen molar-refractivity contribution in [1.29, 1.82) is 0 Å². The molecule has 0 aliphatic rings. The van der Waals surface area contributed by atoms with Gasteiger partial charge in [-0.05, 0) is 12.6 Å². The Labute approximate surface area is 89.0 Å². The third kappa shape index (κ3) is 2.41. The smallest absolute Gasteiger partial charge is 0.147 e. The molecule has 4 nitrogen and oxygen atoms in total. The molecule has 0 saturated carbocycles. The number of rotatable bonds is 4. The van der Waals surface area contributed by atoms with Crippen LogP contribution < -0.4 is 5.32 Å². The summed E-state index contributed by atoms with van der Waals surface area (Å²) in [5, 5.41) is 11.0. The minimum Gasteiger partial charge on any atom is -0.313 e. The van der Waals surface area contributed by atoms with Gasteiger partial charge in [0.05, 0.1) is 13.1 Å². The first-order valence-electron chi connectivity index (χ1n) is 4.95. The Morgan fingerprint density at radius 3 is 2.80 bits per heavy atom. The molecule has 2 rings (SSSR count). The van der Waals surface area contributed by atoms with Crippen molar-refractivity contribution in [2.45, 2.75) is 13.1 Å². The van der Waals surface area contributed by atoms with Crippen LogP contribution in [0.2, 0.25) is 0 Å². The fourth-order valence-electron chi connectivity index (χ4n) is 1.49. The maximum absolute atomic E-state index is 4.05. The maximum Gasteiger partial charge on any atom is 0.147 e. The second-order valence-corrected chi connectivity index (χ2v) is 3.39. The third-order valence-corrected chi connectivity index (χ3v) is 2.23. The van der Waals surface area contributed by atoms with E-state index >= 15 is 0 Å². The van der Waals surface area contributed by atoms with Gasteiger partial charge in [0.15, 0.2) is 0 Å². The molecule has 1 heterocycles. The monoisotopic (exact) mass is 202 g/mol. The van der Waals surface area contributed by atoms with Crippen molar-refractivity contribution in [2.24, 2.45) is 0 Å². The SMILES string of the molecule is CNCc1nncn1Cc1ccccc1. The van der Waals surface area contributed by atoms with E-state index in [0.29, 0.717) is 0 Å². The molecule has 0 radical (unpaired) electrons. The Hall–Kier alpha value is -1.68. The van der Waals surface area contributed by atoms with Crippen molar-refractivity contribution in [3.8, 4) is 0 Å². The summed E-state index contributed by atoms with van der Waals surface area (Å²) in [6.07, 6.45) is 1.76. The lowest BCUT2D eigenvalue weighted by molar-refractivity contribution is 0.673. The van der Waals surface area contributed by atoms with Crippen molar-refractivity contribution in [2.75, 3.05) is 7.05 Å². The molecule has 1 aromatic heterocycles. The number of hydrogen-bond acceptors (Lipinski definition) is 3. The van der Waals surface area contributed by atoms with E-state index in [1.54, 1.807) is 6.33 Å². The van der Waals surface area contributed by atoms with Crippen molar-refractivity contribution in [3.05, 3.63) is 48.0 Å². The fraction of sp³-hybridized carbons (Fsp3) is 0.273. The molecule has 0 unspecified atom stereocenters. The largest absolute Gasteiger partial charge is 0.313 e. The molecule has 4 heteroatoms. The van der Waals surface area contributed by atoms with E-state index in [4.69, 9.17) is 0 Å². The molecule has 0 aliphatic heterocycles. The van der Waals surface area contributed by atoms with Gasteiger partial charge in [-0.3, -0.25) is 0 Å². The van der Waals surface area contributed by atoms with E-state index in [1.807, 2.05) is 29.8 Å². The van der Waals surface area contributed by atoms with E-state index in [9.17, 15) is 0 Å². The van der Waals surface area contributed by atoms with Gasteiger partial charge in [0.2, 0.25) is 0 Å². The van der Waals surface area contributed by atoms with Crippen molar-refractivity contribution in [1.82, 2.24) is 20.1 Å². The summed E-state index contributed by atoms with van der Waals surface area (Å²) in [5.41, 5.74) is 1.26. The molecular formula is C11H14N4. The highest BCUT2D eigenvalue weighted by Gasteiger charge is 2.02. The summed E-state index contributed by atoms with van der Waals surface area (Å²) in [7, 11) is 1.90. The van der Waals surface area contributed by atoms with Gasteiger partial charge < -0.3 is 9.88 Å². The number of hydrogen-bond donors (Lipinski definition) is 1. The number of nitrogens with zero attached hydrogens (tertiary/aromatic N) is 3. The zero-order valence-electron chi connectivity index (χ0n) is 8.72. The van der Waals surface area contributed by atoms with Crippen LogP contribution in [-0.2, 0) is 13.1 Å². The molecule has 0 atom stereocenters. The molecule has 0 spiro atoms. The van der Waals surface area contributed by atoms with E-state index in [0.717, 1.165) is 18.9 Å². The zero-order valence-corrected chi connectivity index (χ0v) is 8.72. The first kappa shape index (κ1) is 9.86. The molecule has 15 heavy (non-hydrogen) atoms. The first-order chi connectivity index (χ1) is 7.40. The predicted octanol–water partition coefficient (Wildman–Crippen LogP) is 1.05. The van der Waals surface area contributed by atoms with E-state index in [2.05, 4.69) is 27.6 Å². The van der Waals surface area contributed by atoms with Gasteiger partial charge in [0, 0.05) is 0 Å². The predicted molar refractivity (Wildman–Crippen MR) is 58.3 cm³/mol. The summed E-state index contributed by atoms with van der Waals surface area (Å²) in [6, 6.07) is 10.3. The lowest BCUT2D eigenvalue weighted by atomic mass is 10.2. The van der Waals surface area contributed by atoms with Crippen LogP contribution in [0, 0.1) is 0 Å². The minimum absolute atomic E-state index is 0.743. The van der Waals surface area contributed by atoms with Crippen molar-refractivity contribution in [3.63, 3.8) is 0 Å². The van der Waals surface area contributed by atoms with Crippen molar-refractivity contribution < 1.29 is 0 Å². The lowest BCUT2D eigenvalue weighted by Crippen LogP contribution is -2.12. The van der Waals surface area contributed by atoms with Gasteiger partial charge >= 0.3 is 0 Å². The topological polar surface area (TPSA) is 42.7 Å². The summed E-state index contributed by atoms with van der Waals surface area (Å²) >= 11 is 0. The Kier molecular flexibility index (Phi) is 3.09. The van der Waals surface area contributed by atoms with Gasteiger partial charge in [-0.1, -0.05) is 30.3 Å². The van der Waals surface area contributed by atoms with Crippen LogP contribution >= 0.6 is 0 Å². The molecule has 78 valence electrons. The Balaban J connectivity index is 2.14. The molecule has 0 saturated heterocycles. The highest BCUT2D eigenvalue weighted by molar-refractivity contribution is 5.15. The standard InChI is InChI=1S/C11H14N4/c1-12-7-11-14-13-9-15(11)8-10-5-3-2-4-6-10/h2-6,9,12H,7-8H2,1H3. The molecule has 2 aromatic rings. The van der Waals surface area contributed by atoms with E-state index in [-0.39, 0.29) is 0 Å². The van der Waals surface area contributed by atoms with Gasteiger partial charge in [0.25, 0.3) is 0 Å². The van der Waals surface area contributed by atoms with E-state index in [1.165, 1.54) is 5.56 Å². The van der Waals surface area contributed by atoms with Crippen LogP contribution in [0.3, 0.4) is 0 Å². The molecule has 0 amide bonds. The maximum atomic E-state index is 4.05. The van der Waals surface area contributed by atoms with E-state index < -0.39 is 0 Å². The van der Waals surface area contributed by atoms with Crippen LogP contribution in [0.5, 0.6) is 0 Å². The average Bonchev–Trinajstić information content (AvgIpc) is 2.68. The zero-order chi connectivity index (χ0) is 10.5. The van der Waals surface area contributed by atoms with Gasteiger partial charge in [-0.2, -0.15) is 0 Å². The normalized spacial score (nSPS) is 10.5. The molecular weight excluding hydrogens is 188 g/mol. The molecule has 0 fully saturated rings. The number of benzene rings is 1. The number of aromatic nitrogens is 3. The fourth-order valence-corrected chi connectivity index (χ4v) is 1.49. The molecule has 0 aliphatic carbocycles. The van der Waals surface area contributed by atoms with Gasteiger partial charge in [-0.25, -0.2) is 0 Å². The third-order valence-electron chi connectivity index (χ3n) is 2.23. The van der Waals surface area contributed by atoms with Crippen LogP contribution in [0.25, 0.3) is 0 Å². The van der Waals surface area contributed by atoms with Gasteiger partial charge in [0.1, 0.15) is 12.2 Å². The van der Waals surface area contributed by atoms with Crippen molar-refractivity contribution >= 4 is 0 Å². The van der Waals surface area contributed by atoms with Crippen LogP contribution in [-0.4, -0.2) is 21.8 Å². The summed E-state index contributed by atoms with van der Waals surface area (Å²) in [4.78, 5) is 0. The minimum atomic E-state index is 0.743. The quantitative estimate of drug-likeness (QED) is 0.805. The highest BCUT2D eigenvalue weighted by atomic mass is 15.3. The number of nitrogens with one attached hydrogen (secondary N) is 1. The Morgan fingerprint density at radius 2 is 2.07 bits per heavy atom. The Morgan fingerprint density at radius 1 is 1.27 bits per heavy atom. The summed E-state index contributed by atoms with van der Waals surface area (Å²) in [5.74, 6) is 0.960. The van der Waals surface area contributed by atoms with Crippen LogP contribution in [0.1, 0.15) is 11.4 Å². The second-order valence-electron chi connectivity index (χ2n) is 3.39. The Bertz CT molecular complexity index is 408. The van der Waals surface area contributed by atoms with Crippen LogP contribution in [0.4, 0.5) is 0 Å². The molecule has 1 N–H and O–H groups in total. The average molecular weight is 202 g/mol. The highest BCUT2D eigenvalue weighted by Crippen LogP contribution is 2.03. The second kappa shape index (κ2) is 4.70. The summed E-state index contributed by atoms with van der Waals surface area (Å²) in [6.45, 7) is 1.57. The van der Waals surface area contributed by atoms with Gasteiger partial charge in [-0.15, -0.1) is 10.2 Å². The van der Waals surface area contributed by atoms with Crippen LogP contribution in [0.15, 0.2) is 36.7 Å². The first-order valence-corrected chi connectivity index (χ1v) is 4.95. The molecule has 0 bridgehead atoms. The summed E-state index contributed by atoms with van der Waals surface area (Å²) < 4.78 is 2.05. The molecule has 1 aromatic carbocycles.